The number of halogens is 2. The summed E-state index contributed by atoms with van der Waals surface area (Å²) >= 11 is 8.69. The highest BCUT2D eigenvalue weighted by atomic mass is 128. The SMILES string of the molecule is COC1C2COCCCCC(C(SSC3OC4COCCCCC3C(OC)C4OC)O2)C1OC.COC1C2COCCCCCC(C(CS)O2)C1OC.II. The number of ether oxygens (including phenoxy) is 12. The lowest BCUT2D eigenvalue weighted by molar-refractivity contribution is -0.222. The smallest absolute Gasteiger partial charge is 0.119 e. The highest BCUT2D eigenvalue weighted by Crippen LogP contribution is 2.49. The summed E-state index contributed by atoms with van der Waals surface area (Å²) in [6.07, 6.45) is 10.4. The lowest BCUT2D eigenvalue weighted by Gasteiger charge is -2.48. The Morgan fingerprint density at radius 2 is 0.818 bits per heavy atom. The van der Waals surface area contributed by atoms with E-state index in [4.69, 9.17) is 56.8 Å². The Kier molecular flexibility index (Phi) is 25.2. The first-order valence-electron chi connectivity index (χ1n) is 20.0. The minimum atomic E-state index is -0.151. The van der Waals surface area contributed by atoms with Gasteiger partial charge in [-0.1, -0.05) is 47.3 Å². The van der Waals surface area contributed by atoms with Gasteiger partial charge in [-0.3, -0.25) is 0 Å². The summed E-state index contributed by atoms with van der Waals surface area (Å²) in [4.78, 5) is 0. The van der Waals surface area contributed by atoms with Crippen LogP contribution in [0.25, 0.3) is 0 Å². The maximum Gasteiger partial charge on any atom is 0.119 e. The van der Waals surface area contributed by atoms with Crippen molar-refractivity contribution >= 4 is 71.4 Å². The molecule has 0 amide bonds. The molecule has 0 radical (unpaired) electrons. The second kappa shape index (κ2) is 27.9. The van der Waals surface area contributed by atoms with Crippen molar-refractivity contribution in [1.29, 1.82) is 0 Å². The molecule has 9 aliphatic heterocycles. The van der Waals surface area contributed by atoms with Crippen LogP contribution in [0.3, 0.4) is 0 Å². The molecule has 0 aliphatic carbocycles. The van der Waals surface area contributed by atoms with Crippen LogP contribution in [0.5, 0.6) is 0 Å². The molecule has 9 fully saturated rings. The first kappa shape index (κ1) is 49.7. The molecule has 0 spiro atoms. The summed E-state index contributed by atoms with van der Waals surface area (Å²) in [7, 11) is 14.1. The molecule has 6 bridgehead atoms. The van der Waals surface area contributed by atoms with E-state index in [1.807, 2.05) is 0 Å². The van der Waals surface area contributed by atoms with Gasteiger partial charge in [-0.25, -0.2) is 0 Å². The zero-order chi connectivity index (χ0) is 39.6. The molecule has 9 rings (SSSR count). The molecule has 15 unspecified atom stereocenters. The molecule has 0 aromatic heterocycles. The molecule has 324 valence electrons. The Hall–Kier alpha value is 2.03. The van der Waals surface area contributed by atoms with Crippen molar-refractivity contribution in [1.82, 2.24) is 0 Å². The van der Waals surface area contributed by atoms with Crippen molar-refractivity contribution in [3.8, 4) is 0 Å². The predicted octanol–water partition coefficient (Wildman–Crippen LogP) is 7.20. The quantitative estimate of drug-likeness (QED) is 0.135. The van der Waals surface area contributed by atoms with E-state index in [0.29, 0.717) is 25.7 Å². The molecule has 0 saturated carbocycles. The Balaban J connectivity index is 0.000000271. The van der Waals surface area contributed by atoms with E-state index >= 15 is 0 Å². The van der Waals surface area contributed by atoms with Crippen LogP contribution in [0.2, 0.25) is 0 Å². The molecule has 17 heteroatoms. The van der Waals surface area contributed by atoms with E-state index in [9.17, 15) is 0 Å². The molecular weight excluding hydrogens is 998 g/mol. The number of hydrogen-bond acceptors (Lipinski definition) is 15. The molecule has 15 atom stereocenters. The van der Waals surface area contributed by atoms with E-state index in [2.05, 4.69) is 49.9 Å². The third kappa shape index (κ3) is 13.8. The van der Waals surface area contributed by atoms with Crippen molar-refractivity contribution in [3.05, 3.63) is 0 Å². The lowest BCUT2D eigenvalue weighted by atomic mass is 9.83. The second-order valence-corrected chi connectivity index (χ2v) is 17.8. The van der Waals surface area contributed by atoms with E-state index < -0.39 is 0 Å². The van der Waals surface area contributed by atoms with Gasteiger partial charge in [0.05, 0.1) is 44.2 Å². The molecule has 9 heterocycles. The predicted molar refractivity (Wildman–Crippen MR) is 237 cm³/mol. The topological polar surface area (TPSA) is 111 Å². The van der Waals surface area contributed by atoms with E-state index in [0.717, 1.165) is 76.9 Å². The largest absolute Gasteiger partial charge is 0.379 e. The molecule has 9 saturated heterocycles. The molecule has 0 aromatic carbocycles. The maximum absolute atomic E-state index is 6.60. The highest BCUT2D eigenvalue weighted by Gasteiger charge is 2.50. The molecular formula is C38H68I2O12S3. The average molecular weight is 1070 g/mol. The monoisotopic (exact) mass is 1070 g/mol. The van der Waals surface area contributed by atoms with Gasteiger partial charge in [-0.2, -0.15) is 12.6 Å². The van der Waals surface area contributed by atoms with Crippen molar-refractivity contribution in [2.45, 2.75) is 136 Å². The van der Waals surface area contributed by atoms with E-state index in [-0.39, 0.29) is 83.7 Å². The summed E-state index contributed by atoms with van der Waals surface area (Å²) in [5.41, 5.74) is -0.0536. The summed E-state index contributed by atoms with van der Waals surface area (Å²) in [6.45, 7) is 3.98. The standard InChI is InChI=1S/C24H42O8S2.C14H26O4S.I2/c1-25-19-15-9-5-7-11-29-13-17(21(19)27-3)31-23(15)33-34-24-16-10-6-8-12-30-14-18(32-24)22(28-4)20(16)26-2;1-15-13-10-6-4-3-5-7-17-8-11(14(13)16-2)18-12(10)9-19;1-2/h15-24H,5-14H2,1-4H3;10-14,19H,3-9H2,1-2H3;. The molecule has 0 aromatic rings. The fraction of sp³-hybridized carbons (Fsp3) is 1.00. The van der Waals surface area contributed by atoms with Crippen LogP contribution in [0.15, 0.2) is 0 Å². The van der Waals surface area contributed by atoms with Crippen LogP contribution in [0.1, 0.15) is 64.2 Å². The first-order chi connectivity index (χ1) is 27.0. The summed E-state index contributed by atoms with van der Waals surface area (Å²) in [6, 6.07) is 0. The summed E-state index contributed by atoms with van der Waals surface area (Å²) in [5.74, 6) is 1.57. The number of fused-ring (bicyclic) bond motifs is 22. The Morgan fingerprint density at radius 1 is 0.473 bits per heavy atom. The van der Waals surface area contributed by atoms with E-state index in [1.54, 1.807) is 64.2 Å². The van der Waals surface area contributed by atoms with Crippen LogP contribution >= 0.6 is 71.4 Å². The Morgan fingerprint density at radius 3 is 1.22 bits per heavy atom. The summed E-state index contributed by atoms with van der Waals surface area (Å²) < 4.78 is 72.0. The lowest BCUT2D eigenvalue weighted by Crippen LogP contribution is -2.57. The number of thiol groups is 1. The molecule has 55 heavy (non-hydrogen) atoms. The van der Waals surface area contributed by atoms with Crippen molar-refractivity contribution in [2.75, 3.05) is 88.1 Å². The van der Waals surface area contributed by atoms with Crippen LogP contribution in [0.4, 0.5) is 0 Å². The summed E-state index contributed by atoms with van der Waals surface area (Å²) in [5, 5.41) is 0. The van der Waals surface area contributed by atoms with Gasteiger partial charge in [-0.05, 0) is 38.5 Å². The van der Waals surface area contributed by atoms with Gasteiger partial charge in [0.15, 0.2) is 0 Å². The molecule has 12 nitrogen and oxygen atoms in total. The van der Waals surface area contributed by atoms with Gasteiger partial charge in [0, 0.05) is 123 Å². The zero-order valence-electron chi connectivity index (χ0n) is 33.6. The minimum Gasteiger partial charge on any atom is -0.379 e. The molecule has 9 aliphatic rings. The third-order valence-electron chi connectivity index (χ3n) is 11.9. The van der Waals surface area contributed by atoms with Crippen molar-refractivity contribution in [3.63, 3.8) is 0 Å². The normalized spacial score (nSPS) is 41.5. The van der Waals surface area contributed by atoms with Gasteiger partial charge in [0.2, 0.25) is 0 Å². The third-order valence-corrected chi connectivity index (χ3v) is 15.1. The van der Waals surface area contributed by atoms with Gasteiger partial charge < -0.3 is 56.8 Å². The van der Waals surface area contributed by atoms with E-state index in [1.165, 1.54) is 12.8 Å². The molecule has 0 N–H and O–H groups in total. The fourth-order valence-electron chi connectivity index (χ4n) is 9.13. The Labute approximate surface area is 367 Å². The fourth-order valence-corrected chi connectivity index (χ4v) is 12.7. The zero-order valence-corrected chi connectivity index (χ0v) is 40.4. The average Bonchev–Trinajstić information content (AvgIpc) is 3.30. The highest BCUT2D eigenvalue weighted by molar-refractivity contribution is 15.0. The van der Waals surface area contributed by atoms with Crippen LogP contribution in [-0.4, -0.2) is 160 Å². The van der Waals surface area contributed by atoms with Gasteiger partial charge in [0.25, 0.3) is 0 Å². The second-order valence-electron chi connectivity index (χ2n) is 14.9. The number of hydrogen-bond donors (Lipinski definition) is 1. The van der Waals surface area contributed by atoms with Crippen molar-refractivity contribution in [2.24, 2.45) is 17.8 Å². The number of methoxy groups -OCH3 is 6. The van der Waals surface area contributed by atoms with Gasteiger partial charge in [0.1, 0.15) is 47.5 Å². The minimum absolute atomic E-state index is 0.0250. The number of rotatable bonds is 10. The van der Waals surface area contributed by atoms with Gasteiger partial charge >= 0.3 is 0 Å². The maximum atomic E-state index is 6.60. The first-order valence-corrected chi connectivity index (χ1v) is 29.2. The Bertz CT molecular complexity index is 968. The van der Waals surface area contributed by atoms with Crippen LogP contribution in [-0.2, 0) is 56.8 Å². The van der Waals surface area contributed by atoms with Crippen LogP contribution in [0, 0.1) is 17.8 Å². The van der Waals surface area contributed by atoms with Crippen LogP contribution < -0.4 is 0 Å². The van der Waals surface area contributed by atoms with Gasteiger partial charge in [-0.15, -0.1) is 0 Å². The van der Waals surface area contributed by atoms with Crippen molar-refractivity contribution < 1.29 is 56.8 Å².